The molecule has 1 N–H and O–H groups in total. The molecule has 0 amide bonds. The highest BCUT2D eigenvalue weighted by molar-refractivity contribution is 5.75. The molecule has 0 aliphatic heterocycles. The maximum absolute atomic E-state index is 12.7. The lowest BCUT2D eigenvalue weighted by Crippen LogP contribution is -2.27. The molecular weight excluding hydrogens is 374 g/mol. The highest BCUT2D eigenvalue weighted by atomic mass is 16.1. The van der Waals surface area contributed by atoms with Crippen LogP contribution in [0.15, 0.2) is 65.6 Å². The Morgan fingerprint density at radius 2 is 1.77 bits per heavy atom. The van der Waals surface area contributed by atoms with Crippen LogP contribution < -0.4 is 5.56 Å². The van der Waals surface area contributed by atoms with Gasteiger partial charge >= 0.3 is 0 Å². The molecular formula is C24H25N5O. The first-order valence-electron chi connectivity index (χ1n) is 10.6. The van der Waals surface area contributed by atoms with Gasteiger partial charge < -0.3 is 4.98 Å². The molecule has 0 spiro atoms. The first-order valence-corrected chi connectivity index (χ1v) is 10.6. The topological polar surface area (TPSA) is 66.8 Å². The summed E-state index contributed by atoms with van der Waals surface area (Å²) in [5.41, 5.74) is 3.99. The van der Waals surface area contributed by atoms with Gasteiger partial charge in [0.25, 0.3) is 5.56 Å². The predicted molar refractivity (Wildman–Crippen MR) is 118 cm³/mol. The van der Waals surface area contributed by atoms with Crippen LogP contribution in [0.3, 0.4) is 0 Å². The molecule has 0 bridgehead atoms. The molecule has 0 radical (unpaired) electrons. The average molecular weight is 399 g/mol. The van der Waals surface area contributed by atoms with Crippen LogP contribution in [-0.2, 0) is 19.5 Å². The van der Waals surface area contributed by atoms with Crippen LogP contribution in [0.2, 0.25) is 0 Å². The lowest BCUT2D eigenvalue weighted by Gasteiger charge is -2.21. The number of benzene rings is 2. The standard InChI is InChI=1S/C24H25N5O/c1-2-17-8-10-18(11-9-17)15-28(19-12-13-19)16-22-26-23-21(24(30)27-22)14-25-29(23)20-6-4-3-5-7-20/h3-11,14,19H,2,12-13,15-16H2,1H3,(H,26,27,30). The van der Waals surface area contributed by atoms with E-state index >= 15 is 0 Å². The normalized spacial score (nSPS) is 13.9. The molecule has 2 aromatic carbocycles. The Hall–Kier alpha value is -3.25. The summed E-state index contributed by atoms with van der Waals surface area (Å²) in [5.74, 6) is 0.683. The van der Waals surface area contributed by atoms with Crippen molar-refractivity contribution in [2.24, 2.45) is 0 Å². The Balaban J connectivity index is 1.45. The minimum absolute atomic E-state index is 0.139. The number of fused-ring (bicyclic) bond motifs is 1. The fourth-order valence-electron chi connectivity index (χ4n) is 3.86. The molecule has 0 saturated heterocycles. The van der Waals surface area contributed by atoms with Gasteiger partial charge in [-0.2, -0.15) is 5.10 Å². The second-order valence-electron chi connectivity index (χ2n) is 7.95. The summed E-state index contributed by atoms with van der Waals surface area (Å²) >= 11 is 0. The van der Waals surface area contributed by atoms with Crippen molar-refractivity contribution in [2.45, 2.75) is 45.3 Å². The van der Waals surface area contributed by atoms with Crippen molar-refractivity contribution < 1.29 is 0 Å². The molecule has 1 fully saturated rings. The van der Waals surface area contributed by atoms with Gasteiger partial charge in [0.15, 0.2) is 5.65 Å². The summed E-state index contributed by atoms with van der Waals surface area (Å²) < 4.78 is 1.74. The molecule has 4 aromatic rings. The Morgan fingerprint density at radius 3 is 2.47 bits per heavy atom. The number of hydrogen-bond donors (Lipinski definition) is 1. The largest absolute Gasteiger partial charge is 0.309 e. The van der Waals surface area contributed by atoms with Crippen LogP contribution in [0.1, 0.15) is 36.7 Å². The second kappa shape index (κ2) is 7.88. The quantitative estimate of drug-likeness (QED) is 0.513. The zero-order valence-corrected chi connectivity index (χ0v) is 17.1. The molecule has 1 aliphatic rings. The van der Waals surface area contributed by atoms with Crippen molar-refractivity contribution in [3.8, 4) is 5.69 Å². The first kappa shape index (κ1) is 18.8. The number of para-hydroxylation sites is 1. The summed E-state index contributed by atoms with van der Waals surface area (Å²) in [7, 11) is 0. The van der Waals surface area contributed by atoms with E-state index in [4.69, 9.17) is 4.98 Å². The van der Waals surface area contributed by atoms with Crippen LogP contribution in [0.4, 0.5) is 0 Å². The minimum Gasteiger partial charge on any atom is -0.309 e. The molecule has 1 saturated carbocycles. The smallest absolute Gasteiger partial charge is 0.262 e. The number of aryl methyl sites for hydroxylation is 1. The fourth-order valence-corrected chi connectivity index (χ4v) is 3.86. The van der Waals surface area contributed by atoms with Crippen LogP contribution in [-0.4, -0.2) is 30.7 Å². The molecule has 5 rings (SSSR count). The average Bonchev–Trinajstić information content (AvgIpc) is 3.54. The molecule has 30 heavy (non-hydrogen) atoms. The molecule has 6 heteroatoms. The Bertz CT molecular complexity index is 1210. The highest BCUT2D eigenvalue weighted by Gasteiger charge is 2.29. The maximum atomic E-state index is 12.7. The van der Waals surface area contributed by atoms with Crippen molar-refractivity contribution in [1.82, 2.24) is 24.6 Å². The van der Waals surface area contributed by atoms with Crippen LogP contribution in [0, 0.1) is 0 Å². The monoisotopic (exact) mass is 399 g/mol. The molecule has 0 unspecified atom stereocenters. The van der Waals surface area contributed by atoms with Gasteiger partial charge in [-0.15, -0.1) is 0 Å². The predicted octanol–water partition coefficient (Wildman–Crippen LogP) is 3.84. The third-order valence-corrected chi connectivity index (χ3v) is 5.72. The SMILES string of the molecule is CCc1ccc(CN(Cc2nc3c(cnn3-c3ccccc3)c(=O)[nH]2)C2CC2)cc1. The fraction of sp³-hybridized carbons (Fsp3) is 0.292. The van der Waals surface area contributed by atoms with E-state index in [-0.39, 0.29) is 5.56 Å². The number of aromatic amines is 1. The van der Waals surface area contributed by atoms with Crippen LogP contribution >= 0.6 is 0 Å². The summed E-state index contributed by atoms with van der Waals surface area (Å²) in [4.78, 5) is 22.8. The first-order chi connectivity index (χ1) is 14.7. The molecule has 2 aromatic heterocycles. The van der Waals surface area contributed by atoms with Crippen LogP contribution in [0.5, 0.6) is 0 Å². The van der Waals surface area contributed by atoms with Gasteiger partial charge in [0.2, 0.25) is 0 Å². The summed E-state index contributed by atoms with van der Waals surface area (Å²) in [6.07, 6.45) is 5.03. The van der Waals surface area contributed by atoms with E-state index < -0.39 is 0 Å². The van der Waals surface area contributed by atoms with Gasteiger partial charge in [0, 0.05) is 12.6 Å². The third kappa shape index (κ3) is 3.78. The van der Waals surface area contributed by atoms with Gasteiger partial charge in [0.05, 0.1) is 18.4 Å². The second-order valence-corrected chi connectivity index (χ2v) is 7.95. The van der Waals surface area contributed by atoms with Crippen molar-refractivity contribution in [2.75, 3.05) is 0 Å². The third-order valence-electron chi connectivity index (χ3n) is 5.72. The molecule has 0 atom stereocenters. The molecule has 152 valence electrons. The number of nitrogens with zero attached hydrogens (tertiary/aromatic N) is 4. The van der Waals surface area contributed by atoms with Crippen molar-refractivity contribution in [3.63, 3.8) is 0 Å². The van der Waals surface area contributed by atoms with Gasteiger partial charge in [-0.1, -0.05) is 49.4 Å². The van der Waals surface area contributed by atoms with Crippen LogP contribution in [0.25, 0.3) is 16.7 Å². The van der Waals surface area contributed by atoms with E-state index in [9.17, 15) is 4.79 Å². The van der Waals surface area contributed by atoms with Crippen molar-refractivity contribution in [3.05, 3.63) is 88.1 Å². The minimum atomic E-state index is -0.139. The van der Waals surface area contributed by atoms with E-state index in [1.54, 1.807) is 10.9 Å². The molecule has 1 aliphatic carbocycles. The number of H-pyrrole nitrogens is 1. The lowest BCUT2D eigenvalue weighted by molar-refractivity contribution is 0.239. The molecule has 2 heterocycles. The Labute approximate surface area is 175 Å². The highest BCUT2D eigenvalue weighted by Crippen LogP contribution is 2.29. The maximum Gasteiger partial charge on any atom is 0.262 e. The Kier molecular flexibility index (Phi) is 4.93. The number of hydrogen-bond acceptors (Lipinski definition) is 4. The van der Waals surface area contributed by atoms with Crippen molar-refractivity contribution >= 4 is 11.0 Å². The summed E-state index contributed by atoms with van der Waals surface area (Å²) in [5, 5.41) is 4.91. The Morgan fingerprint density at radius 1 is 1.03 bits per heavy atom. The number of rotatable bonds is 7. The molecule has 6 nitrogen and oxygen atoms in total. The number of aromatic nitrogens is 4. The zero-order valence-electron chi connectivity index (χ0n) is 17.1. The van der Waals surface area contributed by atoms with Gasteiger partial charge in [-0.05, 0) is 42.5 Å². The van der Waals surface area contributed by atoms with Crippen molar-refractivity contribution in [1.29, 1.82) is 0 Å². The van der Waals surface area contributed by atoms with E-state index in [1.165, 1.54) is 24.0 Å². The number of nitrogens with one attached hydrogen (secondary N) is 1. The van der Waals surface area contributed by atoms with E-state index in [0.717, 1.165) is 18.7 Å². The summed E-state index contributed by atoms with van der Waals surface area (Å²) in [6.45, 7) is 3.64. The zero-order chi connectivity index (χ0) is 20.5. The summed E-state index contributed by atoms with van der Waals surface area (Å²) in [6, 6.07) is 19.2. The van der Waals surface area contributed by atoms with Gasteiger partial charge in [-0.25, -0.2) is 9.67 Å². The van der Waals surface area contributed by atoms with Gasteiger partial charge in [0.1, 0.15) is 11.2 Å². The lowest BCUT2D eigenvalue weighted by atomic mass is 10.1. The van der Waals surface area contributed by atoms with Gasteiger partial charge in [-0.3, -0.25) is 9.69 Å². The van der Waals surface area contributed by atoms with E-state index in [0.29, 0.717) is 29.4 Å². The van der Waals surface area contributed by atoms with E-state index in [1.807, 2.05) is 30.3 Å². The van der Waals surface area contributed by atoms with E-state index in [2.05, 4.69) is 46.2 Å².